The summed E-state index contributed by atoms with van der Waals surface area (Å²) in [4.78, 5) is 15.3. The lowest BCUT2D eigenvalue weighted by Crippen LogP contribution is -2.31. The van der Waals surface area contributed by atoms with Crippen molar-refractivity contribution in [3.8, 4) is 0 Å². The fourth-order valence-corrected chi connectivity index (χ4v) is 5.32. The molecule has 0 fully saturated rings. The second kappa shape index (κ2) is 8.97. The molecular weight excluding hydrogens is 360 g/mol. The van der Waals surface area contributed by atoms with Gasteiger partial charge in [-0.25, -0.2) is 4.79 Å². The van der Waals surface area contributed by atoms with Crippen LogP contribution in [0, 0.1) is 0 Å². The zero-order chi connectivity index (χ0) is 18.2. The number of ether oxygens (including phenoxy) is 1. The quantitative estimate of drug-likeness (QED) is 0.286. The van der Waals surface area contributed by atoms with Gasteiger partial charge in [0.1, 0.15) is 0 Å². The van der Waals surface area contributed by atoms with E-state index in [1.807, 2.05) is 97.9 Å². The molecule has 0 aliphatic heterocycles. The molecule has 0 aromatic heterocycles. The van der Waals surface area contributed by atoms with Crippen LogP contribution in [0.5, 0.6) is 0 Å². The molecule has 0 spiro atoms. The van der Waals surface area contributed by atoms with Crippen molar-refractivity contribution in [2.75, 3.05) is 6.61 Å². The Morgan fingerprint density at radius 3 is 1.62 bits per heavy atom. The molecule has 3 aromatic carbocycles. The molecule has 0 radical (unpaired) electrons. The summed E-state index contributed by atoms with van der Waals surface area (Å²) in [6.07, 6.45) is 0. The van der Waals surface area contributed by atoms with Crippen LogP contribution in [0.3, 0.4) is 0 Å². The lowest BCUT2D eigenvalue weighted by Gasteiger charge is -2.31. The Morgan fingerprint density at radius 1 is 0.769 bits per heavy atom. The van der Waals surface area contributed by atoms with Crippen molar-refractivity contribution < 1.29 is 9.53 Å². The third-order valence-electron chi connectivity index (χ3n) is 3.71. The maximum Gasteiger partial charge on any atom is 0.337 e. The van der Waals surface area contributed by atoms with E-state index in [4.69, 9.17) is 4.74 Å². The summed E-state index contributed by atoms with van der Waals surface area (Å²) in [5.74, 6) is -0.242. The highest BCUT2D eigenvalue weighted by Crippen LogP contribution is 2.53. The van der Waals surface area contributed by atoms with Crippen LogP contribution in [-0.4, -0.2) is 12.6 Å². The second-order valence-corrected chi connectivity index (χ2v) is 8.37. The summed E-state index contributed by atoms with van der Waals surface area (Å²) in [7, 11) is 0. The Morgan fingerprint density at radius 2 is 1.19 bits per heavy atom. The molecule has 0 atom stereocenters. The van der Waals surface area contributed by atoms with Crippen molar-refractivity contribution in [2.24, 2.45) is 0 Å². The Labute approximate surface area is 163 Å². The number of carbonyl (C=O) groups is 1. The fraction of sp³-hybridized carbons (Fsp3) is 0.136. The number of rotatable bonds is 7. The highest BCUT2D eigenvalue weighted by molar-refractivity contribution is 8.18. The molecule has 0 N–H and O–H groups in total. The summed E-state index contributed by atoms with van der Waals surface area (Å²) in [5.41, 5.74) is 0.918. The highest BCUT2D eigenvalue weighted by Gasteiger charge is 2.44. The minimum Gasteiger partial charge on any atom is -0.464 e. The van der Waals surface area contributed by atoms with E-state index in [1.54, 1.807) is 0 Å². The van der Waals surface area contributed by atoms with E-state index in [0.29, 0.717) is 6.61 Å². The molecule has 0 saturated heterocycles. The summed E-state index contributed by atoms with van der Waals surface area (Å²) in [5, 5.41) is 0. The van der Waals surface area contributed by atoms with Gasteiger partial charge in [-0.1, -0.05) is 90.3 Å². The second-order valence-electron chi connectivity index (χ2n) is 5.53. The normalized spacial score (nSPS) is 11.1. The number of hydrogen-bond donors (Lipinski definition) is 0. The Kier molecular flexibility index (Phi) is 6.42. The van der Waals surface area contributed by atoms with Crippen LogP contribution in [0.1, 0.15) is 12.5 Å². The number of esters is 1. The van der Waals surface area contributed by atoms with Crippen LogP contribution >= 0.6 is 23.5 Å². The van der Waals surface area contributed by atoms with Gasteiger partial charge in [0.2, 0.25) is 0 Å². The van der Waals surface area contributed by atoms with Crippen molar-refractivity contribution in [3.63, 3.8) is 0 Å². The van der Waals surface area contributed by atoms with E-state index >= 15 is 0 Å². The zero-order valence-electron chi connectivity index (χ0n) is 14.5. The van der Waals surface area contributed by atoms with Gasteiger partial charge in [0.05, 0.1) is 6.61 Å². The van der Waals surface area contributed by atoms with Crippen LogP contribution in [0.15, 0.2) is 101 Å². The number of thioether (sulfide) groups is 2. The van der Waals surface area contributed by atoms with Crippen LogP contribution < -0.4 is 0 Å². The van der Waals surface area contributed by atoms with Crippen molar-refractivity contribution in [1.82, 2.24) is 0 Å². The molecule has 3 aromatic rings. The summed E-state index contributed by atoms with van der Waals surface area (Å²) < 4.78 is 4.61. The van der Waals surface area contributed by atoms with E-state index in [-0.39, 0.29) is 5.97 Å². The topological polar surface area (TPSA) is 26.3 Å². The molecule has 0 saturated carbocycles. The minimum absolute atomic E-state index is 0.242. The molecule has 26 heavy (non-hydrogen) atoms. The minimum atomic E-state index is -0.917. The van der Waals surface area contributed by atoms with Crippen molar-refractivity contribution in [3.05, 3.63) is 96.6 Å². The zero-order valence-corrected chi connectivity index (χ0v) is 16.1. The molecule has 0 amide bonds. The molecule has 3 rings (SSSR count). The Bertz CT molecular complexity index is 779. The third kappa shape index (κ3) is 4.32. The monoisotopic (exact) mass is 380 g/mol. The van der Waals surface area contributed by atoms with E-state index in [1.165, 1.54) is 23.5 Å². The lowest BCUT2D eigenvalue weighted by molar-refractivity contribution is -0.143. The summed E-state index contributed by atoms with van der Waals surface area (Å²) in [6, 6.07) is 29.8. The lowest BCUT2D eigenvalue weighted by atomic mass is 10.1. The summed E-state index contributed by atoms with van der Waals surface area (Å²) >= 11 is 3.04. The van der Waals surface area contributed by atoms with Gasteiger partial charge in [0, 0.05) is 9.79 Å². The van der Waals surface area contributed by atoms with Gasteiger partial charge in [-0.3, -0.25) is 0 Å². The van der Waals surface area contributed by atoms with E-state index in [9.17, 15) is 4.79 Å². The molecule has 2 nitrogen and oxygen atoms in total. The standard InChI is InChI=1S/C22H20O2S2/c1-2-24-21(23)22(18-12-6-3-7-13-18,25-19-14-8-4-9-15-19)26-20-16-10-5-11-17-20/h3-17H,2H2,1H3. The van der Waals surface area contributed by atoms with E-state index < -0.39 is 4.08 Å². The number of carbonyl (C=O) groups excluding carboxylic acids is 1. The predicted molar refractivity (Wildman–Crippen MR) is 109 cm³/mol. The van der Waals surface area contributed by atoms with Gasteiger partial charge in [0.25, 0.3) is 0 Å². The first kappa shape index (κ1) is 18.6. The molecular formula is C22H20O2S2. The first-order chi connectivity index (χ1) is 12.7. The smallest absolute Gasteiger partial charge is 0.337 e. The number of hydrogen-bond acceptors (Lipinski definition) is 4. The van der Waals surface area contributed by atoms with Gasteiger partial charge >= 0.3 is 5.97 Å². The van der Waals surface area contributed by atoms with Gasteiger partial charge < -0.3 is 4.74 Å². The van der Waals surface area contributed by atoms with Crippen LogP contribution in [0.2, 0.25) is 0 Å². The molecule has 0 aliphatic carbocycles. The molecule has 132 valence electrons. The largest absolute Gasteiger partial charge is 0.464 e. The van der Waals surface area contributed by atoms with Crippen molar-refractivity contribution in [2.45, 2.75) is 20.8 Å². The van der Waals surface area contributed by atoms with Crippen LogP contribution in [0.4, 0.5) is 0 Å². The van der Waals surface area contributed by atoms with Gasteiger partial charge in [0.15, 0.2) is 4.08 Å². The highest BCUT2D eigenvalue weighted by atomic mass is 32.2. The van der Waals surface area contributed by atoms with E-state index in [2.05, 4.69) is 0 Å². The number of benzene rings is 3. The molecule has 0 bridgehead atoms. The SMILES string of the molecule is CCOC(=O)C(Sc1ccccc1)(Sc1ccccc1)c1ccccc1. The predicted octanol–water partition coefficient (Wildman–Crippen LogP) is 5.99. The summed E-state index contributed by atoms with van der Waals surface area (Å²) in [6.45, 7) is 2.19. The van der Waals surface area contributed by atoms with Gasteiger partial charge in [-0.15, -0.1) is 0 Å². The Hall–Kier alpha value is -2.17. The van der Waals surface area contributed by atoms with Gasteiger partial charge in [-0.2, -0.15) is 0 Å². The average Bonchev–Trinajstić information content (AvgIpc) is 2.70. The maximum atomic E-state index is 13.2. The molecule has 4 heteroatoms. The molecule has 0 unspecified atom stereocenters. The molecule has 0 aliphatic rings. The maximum absolute atomic E-state index is 13.2. The van der Waals surface area contributed by atoms with Crippen LogP contribution in [0.25, 0.3) is 0 Å². The van der Waals surface area contributed by atoms with E-state index in [0.717, 1.165) is 15.4 Å². The fourth-order valence-electron chi connectivity index (χ4n) is 2.53. The van der Waals surface area contributed by atoms with Gasteiger partial charge in [-0.05, 0) is 36.8 Å². The van der Waals surface area contributed by atoms with Crippen molar-refractivity contribution in [1.29, 1.82) is 0 Å². The third-order valence-corrected chi connectivity index (χ3v) is 6.60. The average molecular weight is 381 g/mol. The van der Waals surface area contributed by atoms with Crippen LogP contribution in [-0.2, 0) is 13.6 Å². The molecule has 0 heterocycles. The first-order valence-electron chi connectivity index (χ1n) is 8.45. The van der Waals surface area contributed by atoms with Crippen molar-refractivity contribution >= 4 is 29.5 Å². The Balaban J connectivity index is 2.11. The first-order valence-corrected chi connectivity index (χ1v) is 10.1.